The zero-order valence-corrected chi connectivity index (χ0v) is 7.80. The second-order valence-corrected chi connectivity index (χ2v) is 4.03. The second-order valence-electron chi connectivity index (χ2n) is 4.03. The van der Waals surface area contributed by atoms with Crippen LogP contribution in [0.4, 0.5) is 0 Å². The monoisotopic (exact) mass is 159 g/mol. The predicted molar refractivity (Wildman–Crippen MR) is 51.3 cm³/mol. The topological polar surface area (TPSA) is 0 Å². The van der Waals surface area contributed by atoms with Gasteiger partial charge in [0, 0.05) is 0 Å². The molecule has 0 aliphatic heterocycles. The molecule has 1 aromatic rings. The molecule has 0 amide bonds. The third-order valence-corrected chi connectivity index (χ3v) is 2.55. The van der Waals surface area contributed by atoms with E-state index in [2.05, 4.69) is 38.1 Å². The van der Waals surface area contributed by atoms with Crippen molar-refractivity contribution in [3.05, 3.63) is 35.4 Å². The Kier molecular flexibility index (Phi) is 1.92. The van der Waals surface area contributed by atoms with Crippen LogP contribution in [-0.2, 0) is 0 Å². The van der Waals surface area contributed by atoms with Crippen molar-refractivity contribution in [2.45, 2.75) is 38.5 Å². The molecule has 1 saturated carbocycles. The van der Waals surface area contributed by atoms with Gasteiger partial charge in [-0.2, -0.15) is 0 Å². The van der Waals surface area contributed by atoms with Crippen LogP contribution in [0.3, 0.4) is 0 Å². The first-order valence-electron chi connectivity index (χ1n) is 4.78. The van der Waals surface area contributed by atoms with Crippen molar-refractivity contribution in [1.29, 1.82) is 0 Å². The molecule has 0 aromatic heterocycles. The number of rotatable bonds is 2. The molecular formula is C12H15. The van der Waals surface area contributed by atoms with E-state index in [0.29, 0.717) is 5.92 Å². The standard InChI is InChI=1S/C12H15/c1-9(2)11-4-3-5-12(8-11)10-6-7-10/h4-5,8-10H,6-7H2,1-2H3. The van der Waals surface area contributed by atoms with E-state index in [1.165, 1.54) is 24.0 Å². The molecule has 12 heavy (non-hydrogen) atoms. The van der Waals surface area contributed by atoms with Crippen molar-refractivity contribution in [2.24, 2.45) is 0 Å². The van der Waals surface area contributed by atoms with Crippen molar-refractivity contribution < 1.29 is 0 Å². The van der Waals surface area contributed by atoms with Crippen molar-refractivity contribution in [2.75, 3.05) is 0 Å². The molecule has 0 unspecified atom stereocenters. The SMILES string of the molecule is CC(C)c1c[c]cc(C2CC2)c1. The number of benzene rings is 1. The molecule has 0 N–H and O–H groups in total. The van der Waals surface area contributed by atoms with Crippen molar-refractivity contribution >= 4 is 0 Å². The lowest BCUT2D eigenvalue weighted by atomic mass is 9.99. The molecule has 1 radical (unpaired) electrons. The van der Waals surface area contributed by atoms with E-state index in [4.69, 9.17) is 0 Å². The van der Waals surface area contributed by atoms with E-state index in [-0.39, 0.29) is 0 Å². The van der Waals surface area contributed by atoms with E-state index >= 15 is 0 Å². The fourth-order valence-electron chi connectivity index (χ4n) is 1.50. The second kappa shape index (κ2) is 2.93. The van der Waals surface area contributed by atoms with Crippen molar-refractivity contribution in [3.8, 4) is 0 Å². The minimum absolute atomic E-state index is 0.639. The van der Waals surface area contributed by atoms with Crippen molar-refractivity contribution in [1.82, 2.24) is 0 Å². The molecule has 63 valence electrons. The van der Waals surface area contributed by atoms with Crippen LogP contribution < -0.4 is 0 Å². The Bertz CT molecular complexity index is 252. The van der Waals surface area contributed by atoms with Crippen LogP contribution in [0.2, 0.25) is 0 Å². The molecule has 2 rings (SSSR count). The van der Waals surface area contributed by atoms with E-state index in [0.717, 1.165) is 5.92 Å². The van der Waals surface area contributed by atoms with Gasteiger partial charge in [0.25, 0.3) is 0 Å². The first kappa shape index (κ1) is 7.85. The molecule has 0 atom stereocenters. The van der Waals surface area contributed by atoms with E-state index < -0.39 is 0 Å². The number of hydrogen-bond acceptors (Lipinski definition) is 0. The van der Waals surface area contributed by atoms with Gasteiger partial charge in [0.05, 0.1) is 0 Å². The Hall–Kier alpha value is -0.780. The van der Waals surface area contributed by atoms with Crippen molar-refractivity contribution in [3.63, 3.8) is 0 Å². The highest BCUT2D eigenvalue weighted by Gasteiger charge is 2.23. The first-order valence-corrected chi connectivity index (χ1v) is 4.78. The summed E-state index contributed by atoms with van der Waals surface area (Å²) in [5.74, 6) is 1.50. The summed E-state index contributed by atoms with van der Waals surface area (Å²) in [6.07, 6.45) is 2.77. The molecule has 0 saturated heterocycles. The lowest BCUT2D eigenvalue weighted by Gasteiger charge is -2.06. The predicted octanol–water partition coefficient (Wildman–Crippen LogP) is 3.49. The highest BCUT2D eigenvalue weighted by Crippen LogP contribution is 2.40. The summed E-state index contributed by atoms with van der Waals surface area (Å²) in [6.45, 7) is 4.47. The summed E-state index contributed by atoms with van der Waals surface area (Å²) in [5.41, 5.74) is 2.93. The Morgan fingerprint density at radius 1 is 1.33 bits per heavy atom. The van der Waals surface area contributed by atoms with Gasteiger partial charge in [-0.3, -0.25) is 0 Å². The molecule has 1 aliphatic carbocycles. The van der Waals surface area contributed by atoms with Gasteiger partial charge in [0.2, 0.25) is 0 Å². The van der Waals surface area contributed by atoms with Gasteiger partial charge in [-0.1, -0.05) is 32.0 Å². The normalized spacial score (nSPS) is 16.9. The molecule has 0 heteroatoms. The smallest absolute Gasteiger partial charge is 0.0161 e. The van der Waals surface area contributed by atoms with Crippen LogP contribution in [0.5, 0.6) is 0 Å². The third-order valence-electron chi connectivity index (χ3n) is 2.55. The van der Waals surface area contributed by atoms with Gasteiger partial charge in [-0.05, 0) is 41.9 Å². The Balaban J connectivity index is 2.26. The van der Waals surface area contributed by atoms with Crippen LogP contribution in [0.25, 0.3) is 0 Å². The minimum atomic E-state index is 0.639. The summed E-state index contributed by atoms with van der Waals surface area (Å²) >= 11 is 0. The summed E-state index contributed by atoms with van der Waals surface area (Å²) in [7, 11) is 0. The van der Waals surface area contributed by atoms with E-state index in [9.17, 15) is 0 Å². The van der Waals surface area contributed by atoms with Gasteiger partial charge in [-0.25, -0.2) is 0 Å². The highest BCUT2D eigenvalue weighted by molar-refractivity contribution is 5.29. The quantitative estimate of drug-likeness (QED) is 0.619. The zero-order valence-electron chi connectivity index (χ0n) is 7.80. The van der Waals surface area contributed by atoms with Gasteiger partial charge in [0.15, 0.2) is 0 Å². The third kappa shape index (κ3) is 1.52. The fourth-order valence-corrected chi connectivity index (χ4v) is 1.50. The average molecular weight is 159 g/mol. The van der Waals surface area contributed by atoms with E-state index in [1.54, 1.807) is 0 Å². The van der Waals surface area contributed by atoms with Crippen LogP contribution in [-0.4, -0.2) is 0 Å². The molecule has 0 bridgehead atoms. The Labute approximate surface area is 74.6 Å². The molecule has 1 aromatic carbocycles. The van der Waals surface area contributed by atoms with Crippen LogP contribution in [0.15, 0.2) is 18.2 Å². The highest BCUT2D eigenvalue weighted by atomic mass is 14.3. The molecular weight excluding hydrogens is 144 g/mol. The van der Waals surface area contributed by atoms with Gasteiger partial charge in [-0.15, -0.1) is 0 Å². The maximum Gasteiger partial charge on any atom is -0.0161 e. The Morgan fingerprint density at radius 2 is 2.08 bits per heavy atom. The molecule has 1 fully saturated rings. The van der Waals surface area contributed by atoms with Gasteiger partial charge >= 0.3 is 0 Å². The molecule has 0 spiro atoms. The molecule has 1 aliphatic rings. The van der Waals surface area contributed by atoms with Crippen LogP contribution in [0.1, 0.15) is 49.7 Å². The number of hydrogen-bond donors (Lipinski definition) is 0. The summed E-state index contributed by atoms with van der Waals surface area (Å²) in [5, 5.41) is 0. The molecule has 0 nitrogen and oxygen atoms in total. The Morgan fingerprint density at radius 3 is 2.67 bits per heavy atom. The van der Waals surface area contributed by atoms with Crippen LogP contribution >= 0.6 is 0 Å². The maximum absolute atomic E-state index is 3.23. The lowest BCUT2D eigenvalue weighted by molar-refractivity contribution is 0.861. The minimum Gasteiger partial charge on any atom is -0.0587 e. The maximum atomic E-state index is 3.23. The first-order chi connectivity index (χ1) is 5.77. The van der Waals surface area contributed by atoms with Gasteiger partial charge < -0.3 is 0 Å². The largest absolute Gasteiger partial charge is 0.0587 e. The van der Waals surface area contributed by atoms with Gasteiger partial charge in [0.1, 0.15) is 0 Å². The summed E-state index contributed by atoms with van der Waals surface area (Å²) < 4.78 is 0. The lowest BCUT2D eigenvalue weighted by Crippen LogP contribution is -1.88. The van der Waals surface area contributed by atoms with E-state index in [1.807, 2.05) is 0 Å². The zero-order chi connectivity index (χ0) is 8.55. The molecule has 0 heterocycles. The average Bonchev–Trinajstić information content (AvgIpc) is 2.87. The van der Waals surface area contributed by atoms with Crippen LogP contribution in [0, 0.1) is 6.07 Å². The fraction of sp³-hybridized carbons (Fsp3) is 0.500. The summed E-state index contributed by atoms with van der Waals surface area (Å²) in [6, 6.07) is 9.83. The summed E-state index contributed by atoms with van der Waals surface area (Å²) in [4.78, 5) is 0.